The number of carbonyl (C=O) groups excluding carboxylic acids is 3. The van der Waals surface area contributed by atoms with Gasteiger partial charge in [-0.15, -0.1) is 11.3 Å². The van der Waals surface area contributed by atoms with Crippen LogP contribution in [-0.4, -0.2) is 58.7 Å². The number of aromatic nitrogens is 1. The molecule has 2 aromatic rings. The topological polar surface area (TPSA) is 82.6 Å². The highest BCUT2D eigenvalue weighted by atomic mass is 32.1. The van der Waals surface area contributed by atoms with Crippen LogP contribution in [0, 0.1) is 5.92 Å². The van der Waals surface area contributed by atoms with Crippen molar-refractivity contribution < 1.29 is 14.4 Å². The zero-order valence-corrected chi connectivity index (χ0v) is 20.3. The highest BCUT2D eigenvalue weighted by Gasteiger charge is 2.21. The Morgan fingerprint density at radius 1 is 1.03 bits per heavy atom. The fourth-order valence-electron chi connectivity index (χ4n) is 3.37. The van der Waals surface area contributed by atoms with Gasteiger partial charge in [-0.3, -0.25) is 14.4 Å². The molecule has 0 aliphatic heterocycles. The van der Waals surface area contributed by atoms with Crippen molar-refractivity contribution in [3.8, 4) is 0 Å². The van der Waals surface area contributed by atoms with Crippen LogP contribution < -0.4 is 5.32 Å². The zero-order valence-electron chi connectivity index (χ0n) is 19.5. The first-order valence-electron chi connectivity index (χ1n) is 11.2. The minimum atomic E-state index is -0.305. The molecule has 8 heteroatoms. The minimum Gasteiger partial charge on any atom is -0.342 e. The standard InChI is InChI=1S/C24H34N4O3S/c1-5-12-27(13-6-2)22(30)14-20-17-32-24(25-20)26-21(29)16-28(15-18(3)4)23(31)19-10-8-7-9-11-19/h7-11,17-18H,5-6,12-16H2,1-4H3,(H,25,26,29). The summed E-state index contributed by atoms with van der Waals surface area (Å²) in [6, 6.07) is 8.96. The first-order valence-corrected chi connectivity index (χ1v) is 12.1. The lowest BCUT2D eigenvalue weighted by Crippen LogP contribution is -2.40. The first kappa shape index (κ1) is 25.5. The third-order valence-electron chi connectivity index (χ3n) is 4.70. The molecule has 1 aromatic carbocycles. The van der Waals surface area contributed by atoms with Gasteiger partial charge >= 0.3 is 0 Å². The van der Waals surface area contributed by atoms with Crippen LogP contribution in [0.15, 0.2) is 35.7 Å². The quantitative estimate of drug-likeness (QED) is 0.520. The van der Waals surface area contributed by atoms with Gasteiger partial charge in [-0.2, -0.15) is 0 Å². The molecule has 1 aromatic heterocycles. The molecule has 0 saturated heterocycles. The summed E-state index contributed by atoms with van der Waals surface area (Å²) in [5.41, 5.74) is 1.20. The van der Waals surface area contributed by atoms with E-state index in [1.54, 1.807) is 34.5 Å². The molecular weight excluding hydrogens is 424 g/mol. The van der Waals surface area contributed by atoms with Gasteiger partial charge in [0, 0.05) is 30.6 Å². The number of thiazole rings is 1. The van der Waals surface area contributed by atoms with Gasteiger partial charge in [0.1, 0.15) is 6.54 Å². The number of nitrogens with one attached hydrogen (secondary N) is 1. The monoisotopic (exact) mass is 458 g/mol. The molecule has 0 atom stereocenters. The Labute approximate surface area is 194 Å². The number of amides is 3. The van der Waals surface area contributed by atoms with E-state index in [0.717, 1.165) is 25.9 Å². The second-order valence-corrected chi connectivity index (χ2v) is 9.05. The van der Waals surface area contributed by atoms with Crippen LogP contribution in [0.1, 0.15) is 56.6 Å². The lowest BCUT2D eigenvalue weighted by atomic mass is 10.1. The van der Waals surface area contributed by atoms with Crippen molar-refractivity contribution in [3.05, 3.63) is 47.0 Å². The average molecular weight is 459 g/mol. The Morgan fingerprint density at radius 3 is 2.28 bits per heavy atom. The molecule has 0 bridgehead atoms. The smallest absolute Gasteiger partial charge is 0.254 e. The summed E-state index contributed by atoms with van der Waals surface area (Å²) < 4.78 is 0. The van der Waals surface area contributed by atoms with E-state index >= 15 is 0 Å². The molecule has 0 aliphatic carbocycles. The SMILES string of the molecule is CCCN(CCC)C(=O)Cc1csc(NC(=O)CN(CC(C)C)C(=O)c2ccccc2)n1. The average Bonchev–Trinajstić information content (AvgIpc) is 3.19. The van der Waals surface area contributed by atoms with Crippen molar-refractivity contribution in [1.29, 1.82) is 0 Å². The summed E-state index contributed by atoms with van der Waals surface area (Å²) >= 11 is 1.29. The third kappa shape index (κ3) is 8.07. The fourth-order valence-corrected chi connectivity index (χ4v) is 4.10. The molecule has 3 amide bonds. The van der Waals surface area contributed by atoms with Crippen LogP contribution in [0.2, 0.25) is 0 Å². The summed E-state index contributed by atoms with van der Waals surface area (Å²) in [5.74, 6) is -0.205. The highest BCUT2D eigenvalue weighted by molar-refractivity contribution is 7.13. The third-order valence-corrected chi connectivity index (χ3v) is 5.50. The van der Waals surface area contributed by atoms with Gasteiger partial charge < -0.3 is 15.1 Å². The Balaban J connectivity index is 1.98. The lowest BCUT2D eigenvalue weighted by molar-refractivity contribution is -0.130. The van der Waals surface area contributed by atoms with Crippen LogP contribution in [0.3, 0.4) is 0 Å². The molecule has 0 radical (unpaired) electrons. The second kappa shape index (κ2) is 13.0. The highest BCUT2D eigenvalue weighted by Crippen LogP contribution is 2.17. The molecule has 32 heavy (non-hydrogen) atoms. The summed E-state index contributed by atoms with van der Waals surface area (Å²) in [6.07, 6.45) is 2.05. The maximum Gasteiger partial charge on any atom is 0.254 e. The Hall–Kier alpha value is -2.74. The van der Waals surface area contributed by atoms with E-state index in [2.05, 4.69) is 24.1 Å². The lowest BCUT2D eigenvalue weighted by Gasteiger charge is -2.24. The molecule has 1 heterocycles. The molecule has 174 valence electrons. The summed E-state index contributed by atoms with van der Waals surface area (Å²) in [7, 11) is 0. The molecule has 0 saturated carbocycles. The van der Waals surface area contributed by atoms with E-state index in [1.807, 2.05) is 24.8 Å². The number of rotatable bonds is 12. The van der Waals surface area contributed by atoms with Crippen LogP contribution in [-0.2, 0) is 16.0 Å². The predicted octanol–water partition coefficient (Wildman–Crippen LogP) is 4.07. The molecule has 0 spiro atoms. The van der Waals surface area contributed by atoms with Crippen molar-refractivity contribution in [2.45, 2.75) is 47.0 Å². The molecular formula is C24H34N4O3S. The van der Waals surface area contributed by atoms with E-state index in [9.17, 15) is 14.4 Å². The Morgan fingerprint density at radius 2 is 1.69 bits per heavy atom. The van der Waals surface area contributed by atoms with Crippen molar-refractivity contribution in [2.24, 2.45) is 5.92 Å². The maximum absolute atomic E-state index is 12.9. The van der Waals surface area contributed by atoms with Gasteiger partial charge in [-0.05, 0) is 30.9 Å². The molecule has 7 nitrogen and oxygen atoms in total. The predicted molar refractivity (Wildman–Crippen MR) is 129 cm³/mol. The summed E-state index contributed by atoms with van der Waals surface area (Å²) in [6.45, 7) is 10.0. The van der Waals surface area contributed by atoms with E-state index < -0.39 is 0 Å². The number of benzene rings is 1. The van der Waals surface area contributed by atoms with Gasteiger partial charge in [0.05, 0.1) is 12.1 Å². The summed E-state index contributed by atoms with van der Waals surface area (Å²) in [4.78, 5) is 45.8. The van der Waals surface area contributed by atoms with Crippen molar-refractivity contribution in [2.75, 3.05) is 31.5 Å². The van der Waals surface area contributed by atoms with E-state index in [0.29, 0.717) is 22.9 Å². The number of hydrogen-bond acceptors (Lipinski definition) is 5. The van der Waals surface area contributed by atoms with Gasteiger partial charge in [0.25, 0.3) is 5.91 Å². The molecule has 0 fully saturated rings. The number of nitrogens with zero attached hydrogens (tertiary/aromatic N) is 3. The van der Waals surface area contributed by atoms with Crippen LogP contribution in [0.4, 0.5) is 5.13 Å². The normalized spacial score (nSPS) is 10.8. The minimum absolute atomic E-state index is 0.0495. The van der Waals surface area contributed by atoms with Crippen LogP contribution in [0.25, 0.3) is 0 Å². The largest absolute Gasteiger partial charge is 0.342 e. The van der Waals surface area contributed by atoms with Gasteiger partial charge in [-0.1, -0.05) is 45.9 Å². The second-order valence-electron chi connectivity index (χ2n) is 8.20. The van der Waals surface area contributed by atoms with E-state index in [1.165, 1.54) is 11.3 Å². The number of hydrogen-bond donors (Lipinski definition) is 1. The molecule has 2 rings (SSSR count). The summed E-state index contributed by atoms with van der Waals surface area (Å²) in [5, 5.41) is 5.01. The van der Waals surface area contributed by atoms with Crippen molar-refractivity contribution in [1.82, 2.24) is 14.8 Å². The zero-order chi connectivity index (χ0) is 23.5. The fraction of sp³-hybridized carbons (Fsp3) is 0.500. The van der Waals surface area contributed by atoms with Gasteiger partial charge in [0.15, 0.2) is 5.13 Å². The Bertz CT molecular complexity index is 876. The number of carbonyl (C=O) groups is 3. The van der Waals surface area contributed by atoms with Crippen LogP contribution >= 0.6 is 11.3 Å². The van der Waals surface area contributed by atoms with Crippen molar-refractivity contribution >= 4 is 34.2 Å². The van der Waals surface area contributed by atoms with Crippen molar-refractivity contribution in [3.63, 3.8) is 0 Å². The Kier molecular flexibility index (Phi) is 10.3. The molecule has 0 aliphatic rings. The van der Waals surface area contributed by atoms with E-state index in [4.69, 9.17) is 0 Å². The van der Waals surface area contributed by atoms with Crippen LogP contribution in [0.5, 0.6) is 0 Å². The van der Waals surface area contributed by atoms with Gasteiger partial charge in [0.2, 0.25) is 11.8 Å². The maximum atomic E-state index is 12.9. The van der Waals surface area contributed by atoms with Gasteiger partial charge in [-0.25, -0.2) is 4.98 Å². The number of anilines is 1. The first-order chi connectivity index (χ1) is 15.3. The molecule has 1 N–H and O–H groups in total. The van der Waals surface area contributed by atoms with E-state index in [-0.39, 0.29) is 36.6 Å². The molecule has 0 unspecified atom stereocenters.